The van der Waals surface area contributed by atoms with Crippen LogP contribution in [0, 0.1) is 5.41 Å². The average Bonchev–Trinajstić information content (AvgIpc) is 2.53. The summed E-state index contributed by atoms with van der Waals surface area (Å²) in [4.78, 5) is 40.8. The van der Waals surface area contributed by atoms with Crippen LogP contribution in [0.1, 0.15) is 54.2 Å². The largest absolute Gasteiger partial charge is 0.481 e. The highest BCUT2D eigenvalue weighted by molar-refractivity contribution is 5.94. The molecule has 0 spiro atoms. The number of aryl methyl sites for hydroxylation is 2. The summed E-state index contributed by atoms with van der Waals surface area (Å²) >= 11 is 0. The molecule has 1 unspecified atom stereocenters. The van der Waals surface area contributed by atoms with Crippen molar-refractivity contribution in [3.8, 4) is 0 Å². The number of carbonyl (C=O) groups is 2. The molecule has 1 aliphatic carbocycles. The van der Waals surface area contributed by atoms with Gasteiger partial charge in [-0.1, -0.05) is 0 Å². The Kier molecular flexibility index (Phi) is 4.00. The van der Waals surface area contributed by atoms with Crippen molar-refractivity contribution < 1.29 is 14.7 Å². The number of aliphatic carboxylic acids is 1. The first-order valence-electron chi connectivity index (χ1n) is 8.18. The van der Waals surface area contributed by atoms with Crippen LogP contribution in [-0.4, -0.2) is 40.0 Å². The zero-order valence-electron chi connectivity index (χ0n) is 13.4. The van der Waals surface area contributed by atoms with Gasteiger partial charge in [-0.15, -0.1) is 0 Å². The van der Waals surface area contributed by atoms with E-state index in [1.54, 1.807) is 13.0 Å². The summed E-state index contributed by atoms with van der Waals surface area (Å²) in [5, 5.41) is 9.37. The number of rotatable bonds is 2. The van der Waals surface area contributed by atoms with Crippen molar-refractivity contribution in [1.82, 2.24) is 9.88 Å². The summed E-state index contributed by atoms with van der Waals surface area (Å²) in [6.07, 6.45) is 5.02. The van der Waals surface area contributed by atoms with E-state index in [1.807, 2.05) is 0 Å². The van der Waals surface area contributed by atoms with Crippen LogP contribution in [0.3, 0.4) is 0 Å². The number of pyridine rings is 1. The molecule has 6 heteroatoms. The lowest BCUT2D eigenvalue weighted by molar-refractivity contribution is -0.150. The van der Waals surface area contributed by atoms with Crippen molar-refractivity contribution in [3.05, 3.63) is 33.2 Å². The molecule has 1 aliphatic heterocycles. The second kappa shape index (κ2) is 5.83. The Morgan fingerprint density at radius 2 is 2.00 bits per heavy atom. The Labute approximate surface area is 134 Å². The van der Waals surface area contributed by atoms with Crippen LogP contribution in [0.2, 0.25) is 0 Å². The lowest BCUT2D eigenvalue weighted by atomic mass is 9.82. The van der Waals surface area contributed by atoms with Crippen LogP contribution in [-0.2, 0) is 17.6 Å². The molecule has 0 bridgehead atoms. The molecule has 1 aromatic heterocycles. The minimum atomic E-state index is -0.936. The number of carbonyl (C=O) groups excluding carboxylic acids is 1. The first-order chi connectivity index (χ1) is 10.9. The number of hydrogen-bond donors (Lipinski definition) is 2. The van der Waals surface area contributed by atoms with E-state index in [0.29, 0.717) is 19.4 Å². The summed E-state index contributed by atoms with van der Waals surface area (Å²) in [5.41, 5.74) is 0.817. The van der Waals surface area contributed by atoms with E-state index in [0.717, 1.165) is 36.9 Å². The van der Waals surface area contributed by atoms with Crippen LogP contribution in [0.4, 0.5) is 0 Å². The van der Waals surface area contributed by atoms with Gasteiger partial charge in [0.15, 0.2) is 0 Å². The maximum atomic E-state index is 12.7. The zero-order valence-corrected chi connectivity index (χ0v) is 13.4. The van der Waals surface area contributed by atoms with Gasteiger partial charge in [0.05, 0.1) is 5.41 Å². The molecular weight excluding hydrogens is 296 g/mol. The quantitative estimate of drug-likeness (QED) is 0.866. The number of fused-ring (bicyclic) bond motifs is 1. The van der Waals surface area contributed by atoms with Gasteiger partial charge < -0.3 is 15.0 Å². The summed E-state index contributed by atoms with van der Waals surface area (Å²) in [7, 11) is 0. The van der Waals surface area contributed by atoms with E-state index in [2.05, 4.69) is 4.98 Å². The number of piperidine rings is 1. The summed E-state index contributed by atoms with van der Waals surface area (Å²) in [6.45, 7) is 2.31. The number of aromatic nitrogens is 1. The first-order valence-corrected chi connectivity index (χ1v) is 8.18. The lowest BCUT2D eigenvalue weighted by Crippen LogP contribution is -2.49. The smallest absolute Gasteiger partial charge is 0.311 e. The molecule has 1 aromatic rings. The molecule has 124 valence electrons. The lowest BCUT2D eigenvalue weighted by Gasteiger charge is -2.37. The molecule has 2 aliphatic rings. The summed E-state index contributed by atoms with van der Waals surface area (Å²) < 4.78 is 0. The summed E-state index contributed by atoms with van der Waals surface area (Å²) in [6, 6.07) is 1.71. The van der Waals surface area contributed by atoms with Gasteiger partial charge in [-0.05, 0) is 57.1 Å². The minimum absolute atomic E-state index is 0.139. The van der Waals surface area contributed by atoms with Crippen LogP contribution in [0.25, 0.3) is 0 Å². The highest BCUT2D eigenvalue weighted by Gasteiger charge is 2.40. The number of nitrogens with one attached hydrogen (secondary N) is 1. The third-order valence-electron chi connectivity index (χ3n) is 5.07. The maximum Gasteiger partial charge on any atom is 0.311 e. The number of likely N-dealkylation sites (tertiary alicyclic amines) is 1. The van der Waals surface area contributed by atoms with Crippen LogP contribution in [0.5, 0.6) is 0 Å². The van der Waals surface area contributed by atoms with E-state index in [-0.39, 0.29) is 23.6 Å². The molecule has 6 nitrogen and oxygen atoms in total. The Balaban J connectivity index is 1.88. The highest BCUT2D eigenvalue weighted by Crippen LogP contribution is 2.30. The third kappa shape index (κ3) is 2.90. The second-order valence-electron chi connectivity index (χ2n) is 6.92. The van der Waals surface area contributed by atoms with Gasteiger partial charge in [0, 0.05) is 18.8 Å². The Bertz CT molecular complexity index is 709. The predicted molar refractivity (Wildman–Crippen MR) is 84.6 cm³/mol. The number of nitrogens with zero attached hydrogens (tertiary/aromatic N) is 1. The molecule has 1 fully saturated rings. The molecule has 1 atom stereocenters. The zero-order chi connectivity index (χ0) is 16.6. The van der Waals surface area contributed by atoms with E-state index >= 15 is 0 Å². The van der Waals surface area contributed by atoms with Gasteiger partial charge in [-0.2, -0.15) is 0 Å². The Morgan fingerprint density at radius 3 is 2.74 bits per heavy atom. The molecule has 0 radical (unpaired) electrons. The number of H-pyrrole nitrogens is 1. The molecule has 0 aromatic carbocycles. The normalized spacial score (nSPS) is 24.1. The van der Waals surface area contributed by atoms with Crippen molar-refractivity contribution in [2.45, 2.75) is 45.4 Å². The molecule has 3 rings (SSSR count). The van der Waals surface area contributed by atoms with Crippen LogP contribution >= 0.6 is 0 Å². The highest BCUT2D eigenvalue weighted by atomic mass is 16.4. The predicted octanol–water partition coefficient (Wildman–Crippen LogP) is 1.58. The van der Waals surface area contributed by atoms with Gasteiger partial charge in [0.1, 0.15) is 5.56 Å². The molecule has 1 amide bonds. The Hall–Kier alpha value is -2.11. The topological polar surface area (TPSA) is 90.5 Å². The maximum absolute atomic E-state index is 12.7. The third-order valence-corrected chi connectivity index (χ3v) is 5.07. The van der Waals surface area contributed by atoms with Crippen molar-refractivity contribution in [2.24, 2.45) is 5.41 Å². The van der Waals surface area contributed by atoms with Crippen molar-refractivity contribution in [2.75, 3.05) is 13.1 Å². The number of carboxylic acids is 1. The fraction of sp³-hybridized carbons (Fsp3) is 0.588. The number of carboxylic acid groups (broad SMARTS) is 1. The SMILES string of the molecule is CC1(C(=O)O)CCCN(C(=O)c2cc3c([nH]c2=O)CCCC3)C1. The Morgan fingerprint density at radius 1 is 1.26 bits per heavy atom. The van der Waals surface area contributed by atoms with Gasteiger partial charge in [-0.25, -0.2) is 0 Å². The van der Waals surface area contributed by atoms with Crippen LogP contribution in [0.15, 0.2) is 10.9 Å². The van der Waals surface area contributed by atoms with E-state index < -0.39 is 11.4 Å². The summed E-state index contributed by atoms with van der Waals surface area (Å²) in [5.74, 6) is -1.25. The van der Waals surface area contributed by atoms with E-state index in [4.69, 9.17) is 0 Å². The fourth-order valence-corrected chi connectivity index (χ4v) is 3.59. The minimum Gasteiger partial charge on any atom is -0.481 e. The molecule has 23 heavy (non-hydrogen) atoms. The number of amides is 1. The molecule has 2 N–H and O–H groups in total. The number of aromatic amines is 1. The van der Waals surface area contributed by atoms with Gasteiger partial charge >= 0.3 is 5.97 Å². The van der Waals surface area contributed by atoms with Crippen LogP contribution < -0.4 is 5.56 Å². The molecular formula is C17H22N2O4. The standard InChI is InChI=1S/C17H22N2O4/c1-17(16(22)23)7-4-8-19(10-17)15(21)12-9-11-5-2-3-6-13(11)18-14(12)20/h9H,2-8,10H2,1H3,(H,18,20)(H,22,23). The second-order valence-corrected chi connectivity index (χ2v) is 6.92. The molecule has 1 saturated heterocycles. The van der Waals surface area contributed by atoms with Gasteiger partial charge in [0.2, 0.25) is 0 Å². The van der Waals surface area contributed by atoms with Crippen molar-refractivity contribution in [3.63, 3.8) is 0 Å². The van der Waals surface area contributed by atoms with Crippen molar-refractivity contribution in [1.29, 1.82) is 0 Å². The first kappa shape index (κ1) is 15.8. The monoisotopic (exact) mass is 318 g/mol. The fourth-order valence-electron chi connectivity index (χ4n) is 3.59. The van der Waals surface area contributed by atoms with Gasteiger partial charge in [0.25, 0.3) is 11.5 Å². The number of hydrogen-bond acceptors (Lipinski definition) is 3. The van der Waals surface area contributed by atoms with E-state index in [9.17, 15) is 19.5 Å². The molecule has 0 saturated carbocycles. The van der Waals surface area contributed by atoms with E-state index in [1.165, 1.54) is 4.90 Å². The van der Waals surface area contributed by atoms with Gasteiger partial charge in [-0.3, -0.25) is 14.4 Å². The molecule has 2 heterocycles. The van der Waals surface area contributed by atoms with Crippen molar-refractivity contribution >= 4 is 11.9 Å². The average molecular weight is 318 g/mol.